The Morgan fingerprint density at radius 1 is 0.652 bits per heavy atom. The SMILES string of the molecule is CCCCCC1CC(CCC(F)(F)F)CC(CCC(F)(F)F)C1. The minimum atomic E-state index is -4.17. The average molecular weight is 346 g/mol. The Kier molecular flexibility index (Phi) is 8.22. The molecule has 0 nitrogen and oxygen atoms in total. The molecule has 0 bridgehead atoms. The average Bonchev–Trinajstić information content (AvgIpc) is 2.42. The van der Waals surface area contributed by atoms with Gasteiger partial charge < -0.3 is 0 Å². The van der Waals surface area contributed by atoms with Gasteiger partial charge in [-0.15, -0.1) is 0 Å². The molecule has 6 heteroatoms. The normalized spacial score (nSPS) is 26.5. The Hall–Kier alpha value is -0.420. The van der Waals surface area contributed by atoms with Gasteiger partial charge in [0.2, 0.25) is 0 Å². The van der Waals surface area contributed by atoms with Crippen molar-refractivity contribution in [3.63, 3.8) is 0 Å². The maximum absolute atomic E-state index is 12.4. The van der Waals surface area contributed by atoms with Crippen LogP contribution >= 0.6 is 0 Å². The molecule has 0 aromatic rings. The van der Waals surface area contributed by atoms with E-state index in [2.05, 4.69) is 6.92 Å². The molecule has 138 valence electrons. The van der Waals surface area contributed by atoms with Gasteiger partial charge in [0.15, 0.2) is 0 Å². The fourth-order valence-electron chi connectivity index (χ4n) is 3.83. The number of hydrogen-bond donors (Lipinski definition) is 0. The van der Waals surface area contributed by atoms with E-state index in [1.807, 2.05) is 0 Å². The van der Waals surface area contributed by atoms with Gasteiger partial charge in [0.05, 0.1) is 0 Å². The molecule has 0 radical (unpaired) electrons. The lowest BCUT2D eigenvalue weighted by atomic mass is 9.71. The van der Waals surface area contributed by atoms with Crippen molar-refractivity contribution in [3.05, 3.63) is 0 Å². The van der Waals surface area contributed by atoms with Crippen LogP contribution in [0.5, 0.6) is 0 Å². The van der Waals surface area contributed by atoms with Crippen molar-refractivity contribution in [3.8, 4) is 0 Å². The van der Waals surface area contributed by atoms with Crippen LogP contribution in [0.15, 0.2) is 0 Å². The predicted molar refractivity (Wildman–Crippen MR) is 79.0 cm³/mol. The van der Waals surface area contributed by atoms with E-state index in [4.69, 9.17) is 0 Å². The van der Waals surface area contributed by atoms with Gasteiger partial charge in [-0.1, -0.05) is 32.6 Å². The van der Waals surface area contributed by atoms with E-state index in [1.54, 1.807) is 0 Å². The first-order chi connectivity index (χ1) is 10.6. The fourth-order valence-corrected chi connectivity index (χ4v) is 3.83. The number of alkyl halides is 6. The van der Waals surface area contributed by atoms with Crippen LogP contribution in [-0.4, -0.2) is 12.4 Å². The summed E-state index contributed by atoms with van der Waals surface area (Å²) in [7, 11) is 0. The van der Waals surface area contributed by atoms with Crippen molar-refractivity contribution in [2.24, 2.45) is 17.8 Å². The maximum atomic E-state index is 12.4. The van der Waals surface area contributed by atoms with E-state index in [1.165, 1.54) is 0 Å². The van der Waals surface area contributed by atoms with Crippen molar-refractivity contribution in [1.82, 2.24) is 0 Å². The molecule has 0 spiro atoms. The second-order valence-corrected chi connectivity index (χ2v) is 7.11. The lowest BCUT2D eigenvalue weighted by Gasteiger charge is -2.35. The molecule has 1 fully saturated rings. The number of halogens is 6. The highest BCUT2D eigenvalue weighted by Crippen LogP contribution is 2.42. The molecule has 1 saturated carbocycles. The van der Waals surface area contributed by atoms with Crippen LogP contribution in [0.3, 0.4) is 0 Å². The highest BCUT2D eigenvalue weighted by molar-refractivity contribution is 4.80. The first-order valence-corrected chi connectivity index (χ1v) is 8.72. The summed E-state index contributed by atoms with van der Waals surface area (Å²) in [5, 5.41) is 0. The molecule has 2 atom stereocenters. The van der Waals surface area contributed by atoms with Crippen LogP contribution in [0.4, 0.5) is 26.3 Å². The Morgan fingerprint density at radius 2 is 1.04 bits per heavy atom. The minimum Gasteiger partial charge on any atom is -0.171 e. The summed E-state index contributed by atoms with van der Waals surface area (Å²) in [5.74, 6) is 0.150. The summed E-state index contributed by atoms with van der Waals surface area (Å²) in [4.78, 5) is 0. The molecule has 1 aliphatic rings. The predicted octanol–water partition coefficient (Wildman–Crippen LogP) is 7.28. The lowest BCUT2D eigenvalue weighted by molar-refractivity contribution is -0.140. The first kappa shape index (κ1) is 20.6. The monoisotopic (exact) mass is 346 g/mol. The van der Waals surface area contributed by atoms with Crippen molar-refractivity contribution in [2.75, 3.05) is 0 Å². The van der Waals surface area contributed by atoms with E-state index in [9.17, 15) is 26.3 Å². The number of rotatable bonds is 8. The van der Waals surface area contributed by atoms with Crippen LogP contribution in [0, 0.1) is 17.8 Å². The molecule has 23 heavy (non-hydrogen) atoms. The van der Waals surface area contributed by atoms with Gasteiger partial charge >= 0.3 is 12.4 Å². The van der Waals surface area contributed by atoms with Crippen molar-refractivity contribution < 1.29 is 26.3 Å². The zero-order valence-corrected chi connectivity index (χ0v) is 13.8. The fraction of sp³-hybridized carbons (Fsp3) is 1.00. The molecular formula is C17H28F6. The molecule has 1 aliphatic carbocycles. The summed E-state index contributed by atoms with van der Waals surface area (Å²) in [6, 6.07) is 0. The van der Waals surface area contributed by atoms with Crippen LogP contribution in [0.2, 0.25) is 0 Å². The van der Waals surface area contributed by atoms with Gasteiger partial charge in [-0.25, -0.2) is 0 Å². The molecule has 0 N–H and O–H groups in total. The molecule has 0 aliphatic heterocycles. The molecule has 0 aromatic heterocycles. The zero-order valence-electron chi connectivity index (χ0n) is 13.8. The number of hydrogen-bond acceptors (Lipinski definition) is 0. The molecule has 0 heterocycles. The largest absolute Gasteiger partial charge is 0.389 e. The van der Waals surface area contributed by atoms with Crippen molar-refractivity contribution in [2.45, 2.75) is 89.9 Å². The summed E-state index contributed by atoms with van der Waals surface area (Å²) < 4.78 is 74.5. The van der Waals surface area contributed by atoms with Gasteiger partial charge in [-0.3, -0.25) is 0 Å². The minimum absolute atomic E-state index is 0.0658. The molecule has 0 amide bonds. The second-order valence-electron chi connectivity index (χ2n) is 7.11. The highest BCUT2D eigenvalue weighted by Gasteiger charge is 2.35. The Bertz CT molecular complexity index is 294. The molecule has 0 aromatic carbocycles. The summed E-state index contributed by atoms with van der Waals surface area (Å²) in [5.41, 5.74) is 0. The molecular weight excluding hydrogens is 318 g/mol. The summed E-state index contributed by atoms with van der Waals surface area (Å²) >= 11 is 0. The van der Waals surface area contributed by atoms with Gasteiger partial charge in [0.25, 0.3) is 0 Å². The molecule has 2 unspecified atom stereocenters. The third-order valence-electron chi connectivity index (χ3n) is 4.89. The zero-order chi connectivity index (χ0) is 17.5. The standard InChI is InChI=1S/C17H28F6/c1-2-3-4-5-13-10-14(6-8-16(18,19)20)12-15(11-13)7-9-17(21,22)23/h13-15H,2-12H2,1H3. The van der Waals surface area contributed by atoms with E-state index in [0.29, 0.717) is 12.3 Å². The van der Waals surface area contributed by atoms with Crippen LogP contribution in [0.25, 0.3) is 0 Å². The first-order valence-electron chi connectivity index (χ1n) is 8.72. The lowest BCUT2D eigenvalue weighted by Crippen LogP contribution is -2.25. The van der Waals surface area contributed by atoms with Gasteiger partial charge in [-0.2, -0.15) is 26.3 Å². The van der Waals surface area contributed by atoms with Crippen LogP contribution in [-0.2, 0) is 0 Å². The van der Waals surface area contributed by atoms with E-state index >= 15 is 0 Å². The maximum Gasteiger partial charge on any atom is 0.389 e. The van der Waals surface area contributed by atoms with E-state index in [-0.39, 0.29) is 24.7 Å². The van der Waals surface area contributed by atoms with Gasteiger partial charge in [0, 0.05) is 12.8 Å². The third-order valence-corrected chi connectivity index (χ3v) is 4.89. The van der Waals surface area contributed by atoms with E-state index in [0.717, 1.165) is 38.5 Å². The summed E-state index contributed by atoms with van der Waals surface area (Å²) in [6.07, 6.45) is -3.69. The Labute approximate surface area is 135 Å². The quantitative estimate of drug-likeness (QED) is 0.320. The second kappa shape index (κ2) is 9.16. The van der Waals surface area contributed by atoms with Crippen LogP contribution < -0.4 is 0 Å². The Morgan fingerprint density at radius 3 is 1.39 bits per heavy atom. The number of unbranched alkanes of at least 4 members (excludes halogenated alkanes) is 2. The molecule has 0 saturated heterocycles. The summed E-state index contributed by atoms with van der Waals surface area (Å²) in [6.45, 7) is 2.08. The van der Waals surface area contributed by atoms with Crippen molar-refractivity contribution >= 4 is 0 Å². The van der Waals surface area contributed by atoms with Gasteiger partial charge in [-0.05, 0) is 49.9 Å². The van der Waals surface area contributed by atoms with Gasteiger partial charge in [0.1, 0.15) is 0 Å². The third kappa shape index (κ3) is 10.1. The smallest absolute Gasteiger partial charge is 0.171 e. The van der Waals surface area contributed by atoms with Crippen LogP contribution in [0.1, 0.15) is 77.6 Å². The van der Waals surface area contributed by atoms with Crippen molar-refractivity contribution in [1.29, 1.82) is 0 Å². The molecule has 1 rings (SSSR count). The highest BCUT2D eigenvalue weighted by atomic mass is 19.4. The van der Waals surface area contributed by atoms with E-state index < -0.39 is 25.2 Å². The topological polar surface area (TPSA) is 0 Å². The Balaban J connectivity index is 2.52.